The monoisotopic (exact) mass is 262 g/mol. The Bertz CT molecular complexity index is 420. The molecule has 0 radical (unpaired) electrons. The fourth-order valence-corrected chi connectivity index (χ4v) is 3.48. The van der Waals surface area contributed by atoms with Crippen molar-refractivity contribution in [2.75, 3.05) is 24.5 Å². The Balaban J connectivity index is 1.83. The zero-order valence-corrected chi connectivity index (χ0v) is 12.2. The largest absolute Gasteiger partial charge is 0.339 e. The predicted molar refractivity (Wildman–Crippen MR) is 78.8 cm³/mol. The van der Waals surface area contributed by atoms with Gasteiger partial charge in [-0.15, -0.1) is 0 Å². The molecule has 106 valence electrons. The molecule has 1 aliphatic heterocycles. The predicted octanol–water partition coefficient (Wildman–Crippen LogP) is 2.49. The molecule has 1 saturated heterocycles. The maximum absolute atomic E-state index is 4.81. The Labute approximate surface area is 116 Å². The van der Waals surface area contributed by atoms with Gasteiger partial charge in [-0.05, 0) is 26.7 Å². The van der Waals surface area contributed by atoms with E-state index in [1.807, 2.05) is 0 Å². The maximum atomic E-state index is 4.81. The average Bonchev–Trinajstić information content (AvgIpc) is 2.82. The number of hydrogen-bond donors (Lipinski definition) is 1. The van der Waals surface area contributed by atoms with Gasteiger partial charge in [0.1, 0.15) is 0 Å². The number of aromatic nitrogens is 2. The van der Waals surface area contributed by atoms with E-state index in [1.165, 1.54) is 38.1 Å². The molecule has 0 amide bonds. The van der Waals surface area contributed by atoms with E-state index in [2.05, 4.69) is 34.8 Å². The minimum absolute atomic E-state index is 0.561. The van der Waals surface area contributed by atoms with Crippen molar-refractivity contribution in [1.29, 1.82) is 0 Å². The van der Waals surface area contributed by atoms with E-state index >= 15 is 0 Å². The van der Waals surface area contributed by atoms with E-state index < -0.39 is 0 Å². The second kappa shape index (κ2) is 5.53. The lowest BCUT2D eigenvalue weighted by Crippen LogP contribution is -2.50. The van der Waals surface area contributed by atoms with Gasteiger partial charge in [-0.1, -0.05) is 19.3 Å². The molecule has 4 heteroatoms. The molecular formula is C15H26N4. The van der Waals surface area contributed by atoms with Crippen LogP contribution in [0.25, 0.3) is 0 Å². The number of hydrogen-bond acceptors (Lipinski definition) is 3. The minimum atomic E-state index is 0.561. The highest BCUT2D eigenvalue weighted by molar-refractivity contribution is 5.35. The van der Waals surface area contributed by atoms with E-state index in [4.69, 9.17) is 4.98 Å². The fraction of sp³-hybridized carbons (Fsp3) is 0.800. The third kappa shape index (κ3) is 2.78. The zero-order valence-electron chi connectivity index (χ0n) is 12.2. The molecule has 1 saturated carbocycles. The molecular weight excluding hydrogens is 236 g/mol. The topological polar surface area (TPSA) is 33.1 Å². The number of imidazole rings is 1. The Morgan fingerprint density at radius 3 is 2.79 bits per heavy atom. The van der Waals surface area contributed by atoms with E-state index in [0.29, 0.717) is 12.1 Å². The summed E-state index contributed by atoms with van der Waals surface area (Å²) in [4.78, 5) is 7.27. The highest BCUT2D eigenvalue weighted by Gasteiger charge is 2.24. The zero-order chi connectivity index (χ0) is 13.2. The molecule has 1 N–H and O–H groups in total. The molecule has 1 unspecified atom stereocenters. The quantitative estimate of drug-likeness (QED) is 0.889. The van der Waals surface area contributed by atoms with Crippen molar-refractivity contribution in [3.63, 3.8) is 0 Å². The van der Waals surface area contributed by atoms with Gasteiger partial charge in [0.2, 0.25) is 5.95 Å². The summed E-state index contributed by atoms with van der Waals surface area (Å²) in [6.45, 7) is 7.59. The summed E-state index contributed by atoms with van der Waals surface area (Å²) < 4.78 is 2.46. The van der Waals surface area contributed by atoms with Crippen LogP contribution in [0, 0.1) is 6.92 Å². The molecule has 4 nitrogen and oxygen atoms in total. The van der Waals surface area contributed by atoms with Crippen LogP contribution in [-0.4, -0.2) is 35.2 Å². The van der Waals surface area contributed by atoms with E-state index in [1.54, 1.807) is 0 Å². The highest BCUT2D eigenvalue weighted by Crippen LogP contribution is 2.32. The lowest BCUT2D eigenvalue weighted by molar-refractivity contribution is 0.350. The molecule has 2 fully saturated rings. The summed E-state index contributed by atoms with van der Waals surface area (Å²) in [6, 6.07) is 1.24. The summed E-state index contributed by atoms with van der Waals surface area (Å²) in [5.74, 6) is 1.21. The van der Waals surface area contributed by atoms with Crippen molar-refractivity contribution >= 4 is 5.95 Å². The van der Waals surface area contributed by atoms with Gasteiger partial charge < -0.3 is 14.8 Å². The molecule has 0 aromatic carbocycles. The molecule has 1 aromatic rings. The van der Waals surface area contributed by atoms with E-state index in [0.717, 1.165) is 25.3 Å². The van der Waals surface area contributed by atoms with Crippen molar-refractivity contribution in [3.8, 4) is 0 Å². The Hall–Kier alpha value is -1.03. The molecule has 3 rings (SSSR count). The highest BCUT2D eigenvalue weighted by atomic mass is 15.3. The minimum Gasteiger partial charge on any atom is -0.339 e. The summed E-state index contributed by atoms with van der Waals surface area (Å²) in [5.41, 5.74) is 1.16. The van der Waals surface area contributed by atoms with Gasteiger partial charge in [-0.2, -0.15) is 0 Å². The van der Waals surface area contributed by atoms with Crippen LogP contribution in [0.3, 0.4) is 0 Å². The molecule has 1 aromatic heterocycles. The third-order valence-electron chi connectivity index (χ3n) is 4.45. The average molecular weight is 262 g/mol. The molecule has 0 spiro atoms. The maximum Gasteiger partial charge on any atom is 0.206 e. The Morgan fingerprint density at radius 2 is 2.05 bits per heavy atom. The van der Waals surface area contributed by atoms with Crippen LogP contribution in [-0.2, 0) is 0 Å². The van der Waals surface area contributed by atoms with Gasteiger partial charge in [-0.3, -0.25) is 0 Å². The van der Waals surface area contributed by atoms with Gasteiger partial charge in [0.15, 0.2) is 0 Å². The van der Waals surface area contributed by atoms with Crippen molar-refractivity contribution in [2.45, 2.75) is 58.0 Å². The molecule has 1 aliphatic carbocycles. The van der Waals surface area contributed by atoms with Crippen LogP contribution < -0.4 is 10.2 Å². The summed E-state index contributed by atoms with van der Waals surface area (Å²) in [7, 11) is 0. The fourth-order valence-electron chi connectivity index (χ4n) is 3.48. The molecule has 1 atom stereocenters. The second-order valence-electron chi connectivity index (χ2n) is 6.18. The summed E-state index contributed by atoms with van der Waals surface area (Å²) in [6.07, 6.45) is 9.07. The van der Waals surface area contributed by atoms with Crippen LogP contribution in [0.5, 0.6) is 0 Å². The van der Waals surface area contributed by atoms with Gasteiger partial charge >= 0.3 is 0 Å². The second-order valence-corrected chi connectivity index (χ2v) is 6.18. The molecule has 2 heterocycles. The molecule has 0 bridgehead atoms. The van der Waals surface area contributed by atoms with Crippen LogP contribution in [0.2, 0.25) is 0 Å². The standard InChI is InChI=1S/C15H26N4/c1-12-10-18(9-8-16-12)15-17-13(2)11-19(15)14-6-4-3-5-7-14/h11-12,14,16H,3-10H2,1-2H3. The smallest absolute Gasteiger partial charge is 0.206 e. The Kier molecular flexibility index (Phi) is 3.78. The number of nitrogens with zero attached hydrogens (tertiary/aromatic N) is 3. The summed E-state index contributed by atoms with van der Waals surface area (Å²) in [5, 5.41) is 3.51. The van der Waals surface area contributed by atoms with Crippen LogP contribution >= 0.6 is 0 Å². The lowest BCUT2D eigenvalue weighted by Gasteiger charge is -2.35. The normalized spacial score (nSPS) is 25.8. The van der Waals surface area contributed by atoms with Crippen molar-refractivity contribution in [1.82, 2.24) is 14.9 Å². The van der Waals surface area contributed by atoms with Crippen LogP contribution in [0.1, 0.15) is 50.8 Å². The van der Waals surface area contributed by atoms with Gasteiger partial charge in [0.05, 0.1) is 5.69 Å². The van der Waals surface area contributed by atoms with Crippen molar-refractivity contribution < 1.29 is 0 Å². The third-order valence-corrected chi connectivity index (χ3v) is 4.45. The molecule has 19 heavy (non-hydrogen) atoms. The first-order valence-electron chi connectivity index (χ1n) is 7.78. The number of anilines is 1. The SMILES string of the molecule is Cc1cn(C2CCCCC2)c(N2CCNC(C)C2)n1. The van der Waals surface area contributed by atoms with E-state index in [-0.39, 0.29) is 0 Å². The first-order valence-corrected chi connectivity index (χ1v) is 7.78. The first kappa shape index (κ1) is 13.0. The van der Waals surface area contributed by atoms with Gasteiger partial charge in [0, 0.05) is 37.9 Å². The number of aryl methyl sites for hydroxylation is 1. The first-order chi connectivity index (χ1) is 9.24. The number of nitrogens with one attached hydrogen (secondary N) is 1. The van der Waals surface area contributed by atoms with Crippen LogP contribution in [0.15, 0.2) is 6.20 Å². The lowest BCUT2D eigenvalue weighted by atomic mass is 9.95. The van der Waals surface area contributed by atoms with Crippen molar-refractivity contribution in [3.05, 3.63) is 11.9 Å². The number of rotatable bonds is 2. The van der Waals surface area contributed by atoms with Gasteiger partial charge in [-0.25, -0.2) is 4.98 Å². The van der Waals surface area contributed by atoms with E-state index in [9.17, 15) is 0 Å². The Morgan fingerprint density at radius 1 is 1.26 bits per heavy atom. The van der Waals surface area contributed by atoms with Crippen LogP contribution in [0.4, 0.5) is 5.95 Å². The van der Waals surface area contributed by atoms with Crippen molar-refractivity contribution in [2.24, 2.45) is 0 Å². The molecule has 2 aliphatic rings. The number of piperazine rings is 1. The van der Waals surface area contributed by atoms with Gasteiger partial charge in [0.25, 0.3) is 0 Å². The summed E-state index contributed by atoms with van der Waals surface area (Å²) >= 11 is 0.